The van der Waals surface area contributed by atoms with Crippen LogP contribution in [0.1, 0.15) is 0 Å². The number of nitrogens with two attached hydrogens (primary N) is 1. The van der Waals surface area contributed by atoms with Gasteiger partial charge in [0.1, 0.15) is 5.75 Å². The van der Waals surface area contributed by atoms with Crippen LogP contribution in [0.25, 0.3) is 0 Å². The minimum Gasteiger partial charge on any atom is -0.435 e. The number of hydrogen-bond donors (Lipinski definition) is 2. The van der Waals surface area contributed by atoms with E-state index in [2.05, 4.69) is 10.1 Å². The zero-order valence-corrected chi connectivity index (χ0v) is 11.6. The molecule has 0 saturated carbocycles. The highest BCUT2D eigenvalue weighted by Gasteiger charge is 2.08. The van der Waals surface area contributed by atoms with Gasteiger partial charge >= 0.3 is 6.61 Å². The number of hydrogen-bond acceptors (Lipinski definition) is 3. The standard InChI is InChI=1S/C13H10Cl2F2N2O/c14-10-5-7(18)6-11(15)12(10)19-8-1-3-9(4-2-8)20-13(16)17/h1-6,13,19H,18H2. The van der Waals surface area contributed by atoms with Crippen LogP contribution in [-0.4, -0.2) is 6.61 Å². The lowest BCUT2D eigenvalue weighted by Gasteiger charge is -2.12. The smallest absolute Gasteiger partial charge is 0.387 e. The maximum absolute atomic E-state index is 12.0. The van der Waals surface area contributed by atoms with E-state index in [1.165, 1.54) is 12.1 Å². The van der Waals surface area contributed by atoms with Crippen molar-refractivity contribution in [2.45, 2.75) is 6.61 Å². The molecule has 2 aromatic rings. The van der Waals surface area contributed by atoms with E-state index < -0.39 is 6.61 Å². The predicted octanol–water partition coefficient (Wildman–Crippen LogP) is 4.92. The molecule has 0 spiro atoms. The number of alkyl halides is 2. The molecule has 0 unspecified atom stereocenters. The number of halogens is 4. The van der Waals surface area contributed by atoms with Crippen molar-refractivity contribution in [3.05, 3.63) is 46.4 Å². The van der Waals surface area contributed by atoms with E-state index in [4.69, 9.17) is 28.9 Å². The molecule has 0 radical (unpaired) electrons. The van der Waals surface area contributed by atoms with Crippen LogP contribution in [0.4, 0.5) is 25.8 Å². The first kappa shape index (κ1) is 14.7. The van der Waals surface area contributed by atoms with Gasteiger partial charge in [0.05, 0.1) is 15.7 Å². The Morgan fingerprint density at radius 1 is 1.05 bits per heavy atom. The largest absolute Gasteiger partial charge is 0.435 e. The third-order valence-electron chi connectivity index (χ3n) is 2.41. The lowest BCUT2D eigenvalue weighted by atomic mass is 10.2. The monoisotopic (exact) mass is 318 g/mol. The van der Waals surface area contributed by atoms with Crippen molar-refractivity contribution in [3.63, 3.8) is 0 Å². The molecule has 7 heteroatoms. The van der Waals surface area contributed by atoms with Gasteiger partial charge in [-0.2, -0.15) is 8.78 Å². The molecule has 0 fully saturated rings. The van der Waals surface area contributed by atoms with Crippen LogP contribution in [0.2, 0.25) is 10.0 Å². The van der Waals surface area contributed by atoms with Crippen LogP contribution in [0.5, 0.6) is 5.75 Å². The quantitative estimate of drug-likeness (QED) is 0.786. The first-order chi connectivity index (χ1) is 9.45. The SMILES string of the molecule is Nc1cc(Cl)c(Nc2ccc(OC(F)F)cc2)c(Cl)c1. The van der Waals surface area contributed by atoms with Crippen molar-refractivity contribution in [3.8, 4) is 5.75 Å². The molecular formula is C13H10Cl2F2N2O. The number of anilines is 3. The van der Waals surface area contributed by atoms with E-state index in [0.29, 0.717) is 27.1 Å². The van der Waals surface area contributed by atoms with Gasteiger partial charge in [-0.25, -0.2) is 0 Å². The number of benzene rings is 2. The third kappa shape index (κ3) is 3.65. The van der Waals surface area contributed by atoms with Gasteiger partial charge in [0.25, 0.3) is 0 Å². The second-order valence-electron chi connectivity index (χ2n) is 3.89. The zero-order valence-electron chi connectivity index (χ0n) is 10.0. The summed E-state index contributed by atoms with van der Waals surface area (Å²) in [7, 11) is 0. The van der Waals surface area contributed by atoms with Crippen LogP contribution < -0.4 is 15.8 Å². The Labute approximate surface area is 124 Å². The van der Waals surface area contributed by atoms with E-state index in [0.717, 1.165) is 0 Å². The summed E-state index contributed by atoms with van der Waals surface area (Å²) in [5.41, 5.74) is 7.17. The average molecular weight is 319 g/mol. The fourth-order valence-corrected chi connectivity index (χ4v) is 2.17. The van der Waals surface area contributed by atoms with Crippen molar-refractivity contribution in [1.82, 2.24) is 0 Å². The zero-order chi connectivity index (χ0) is 14.7. The fraction of sp³-hybridized carbons (Fsp3) is 0.0769. The average Bonchev–Trinajstić information content (AvgIpc) is 2.35. The molecule has 0 aromatic heterocycles. The number of nitrogen functional groups attached to an aromatic ring is 1. The van der Waals surface area contributed by atoms with Gasteiger partial charge in [-0.1, -0.05) is 23.2 Å². The summed E-state index contributed by atoms with van der Waals surface area (Å²) in [6.45, 7) is -2.85. The summed E-state index contributed by atoms with van der Waals surface area (Å²) in [6.07, 6.45) is 0. The fourth-order valence-electron chi connectivity index (χ4n) is 1.58. The second-order valence-corrected chi connectivity index (χ2v) is 4.70. The summed E-state index contributed by atoms with van der Waals surface area (Å²) in [5.74, 6) is 0.0695. The molecule has 0 aliphatic carbocycles. The van der Waals surface area contributed by atoms with Crippen LogP contribution in [0.15, 0.2) is 36.4 Å². The Hall–Kier alpha value is -1.72. The van der Waals surface area contributed by atoms with Gasteiger partial charge in [0.2, 0.25) is 0 Å². The number of nitrogens with one attached hydrogen (secondary N) is 1. The van der Waals surface area contributed by atoms with Crippen molar-refractivity contribution >= 4 is 40.3 Å². The van der Waals surface area contributed by atoms with Crippen LogP contribution >= 0.6 is 23.2 Å². The number of rotatable bonds is 4. The Kier molecular flexibility index (Phi) is 4.52. The first-order valence-electron chi connectivity index (χ1n) is 5.52. The first-order valence-corrected chi connectivity index (χ1v) is 6.27. The predicted molar refractivity (Wildman–Crippen MR) is 77.2 cm³/mol. The molecule has 2 aromatic carbocycles. The molecule has 0 saturated heterocycles. The van der Waals surface area contributed by atoms with Crippen LogP contribution in [-0.2, 0) is 0 Å². The Morgan fingerprint density at radius 3 is 2.10 bits per heavy atom. The molecule has 0 aliphatic rings. The van der Waals surface area contributed by atoms with Crippen molar-refractivity contribution < 1.29 is 13.5 Å². The molecule has 0 aliphatic heterocycles. The van der Waals surface area contributed by atoms with E-state index in [9.17, 15) is 8.78 Å². The molecule has 0 amide bonds. The highest BCUT2D eigenvalue weighted by Crippen LogP contribution is 2.35. The summed E-state index contributed by atoms with van der Waals surface area (Å²) in [6, 6.07) is 9.08. The summed E-state index contributed by atoms with van der Waals surface area (Å²) in [5, 5.41) is 3.71. The van der Waals surface area contributed by atoms with E-state index in [1.807, 2.05) is 0 Å². The molecule has 0 heterocycles. The molecule has 106 valence electrons. The maximum atomic E-state index is 12.0. The summed E-state index contributed by atoms with van der Waals surface area (Å²) < 4.78 is 28.3. The number of ether oxygens (including phenoxy) is 1. The van der Waals surface area contributed by atoms with Gasteiger partial charge in [-0.3, -0.25) is 0 Å². The Morgan fingerprint density at radius 2 is 1.60 bits per heavy atom. The Balaban J connectivity index is 2.18. The van der Waals surface area contributed by atoms with Crippen molar-refractivity contribution in [2.24, 2.45) is 0 Å². The van der Waals surface area contributed by atoms with Crippen LogP contribution in [0.3, 0.4) is 0 Å². The van der Waals surface area contributed by atoms with Gasteiger partial charge in [0, 0.05) is 11.4 Å². The topological polar surface area (TPSA) is 47.3 Å². The van der Waals surface area contributed by atoms with E-state index in [-0.39, 0.29) is 5.75 Å². The minimum atomic E-state index is -2.85. The summed E-state index contributed by atoms with van der Waals surface area (Å²) in [4.78, 5) is 0. The second kappa shape index (κ2) is 6.15. The molecule has 3 nitrogen and oxygen atoms in total. The molecule has 3 N–H and O–H groups in total. The minimum absolute atomic E-state index is 0.0695. The molecule has 0 atom stereocenters. The van der Waals surface area contributed by atoms with E-state index in [1.54, 1.807) is 24.3 Å². The maximum Gasteiger partial charge on any atom is 0.387 e. The Bertz CT molecular complexity index is 583. The third-order valence-corrected chi connectivity index (χ3v) is 3.01. The normalized spacial score (nSPS) is 10.7. The lowest BCUT2D eigenvalue weighted by molar-refractivity contribution is -0.0498. The van der Waals surface area contributed by atoms with Gasteiger partial charge in [-0.15, -0.1) is 0 Å². The van der Waals surface area contributed by atoms with Crippen molar-refractivity contribution in [1.29, 1.82) is 0 Å². The summed E-state index contributed by atoms with van der Waals surface area (Å²) >= 11 is 12.1. The molecule has 0 bridgehead atoms. The lowest BCUT2D eigenvalue weighted by Crippen LogP contribution is -2.01. The molecule has 20 heavy (non-hydrogen) atoms. The highest BCUT2D eigenvalue weighted by atomic mass is 35.5. The molecular weight excluding hydrogens is 309 g/mol. The van der Waals surface area contributed by atoms with Crippen molar-refractivity contribution in [2.75, 3.05) is 11.1 Å². The van der Waals surface area contributed by atoms with E-state index >= 15 is 0 Å². The van der Waals surface area contributed by atoms with Gasteiger partial charge in [0.15, 0.2) is 0 Å². The molecule has 2 rings (SSSR count). The highest BCUT2D eigenvalue weighted by molar-refractivity contribution is 6.39. The van der Waals surface area contributed by atoms with Gasteiger partial charge in [-0.05, 0) is 36.4 Å². The van der Waals surface area contributed by atoms with Crippen LogP contribution in [0, 0.1) is 0 Å². The van der Waals surface area contributed by atoms with Gasteiger partial charge < -0.3 is 15.8 Å².